The molecule has 0 radical (unpaired) electrons. The molecule has 0 spiro atoms. The number of hydrogen-bond donors (Lipinski definition) is 1. The van der Waals surface area contributed by atoms with Gasteiger partial charge < -0.3 is 10.2 Å². The van der Waals surface area contributed by atoms with Crippen molar-refractivity contribution in [1.82, 2.24) is 4.90 Å². The highest BCUT2D eigenvalue weighted by Crippen LogP contribution is 2.22. The number of aryl methyl sites for hydroxylation is 3. The highest BCUT2D eigenvalue weighted by atomic mass is 16.2. The van der Waals surface area contributed by atoms with Gasteiger partial charge in [-0.1, -0.05) is 56.3 Å². The molecule has 4 nitrogen and oxygen atoms in total. The number of rotatable bonds is 7. The molecule has 1 N–H and O–H groups in total. The van der Waals surface area contributed by atoms with E-state index in [0.29, 0.717) is 6.54 Å². The minimum Gasteiger partial charge on any atom is -0.329 e. The Hall–Kier alpha value is -2.62. The Morgan fingerprint density at radius 1 is 0.923 bits per heavy atom. The molecule has 0 bridgehead atoms. The van der Waals surface area contributed by atoms with Crippen LogP contribution in [0.2, 0.25) is 0 Å². The molecule has 2 aromatic rings. The Balaban J connectivity index is 2.14. The van der Waals surface area contributed by atoms with Crippen LogP contribution in [-0.2, 0) is 29.0 Å². The number of anilines is 1. The van der Waals surface area contributed by atoms with Crippen molar-refractivity contribution in [3.63, 3.8) is 0 Å². The van der Waals surface area contributed by atoms with Gasteiger partial charge in [0.1, 0.15) is 6.54 Å². The summed E-state index contributed by atoms with van der Waals surface area (Å²) in [6.45, 7) is 8.15. The Labute approximate surface area is 156 Å². The lowest BCUT2D eigenvalue weighted by Crippen LogP contribution is -2.36. The molecule has 0 aliphatic rings. The summed E-state index contributed by atoms with van der Waals surface area (Å²) in [6.07, 6.45) is 1.70. The summed E-state index contributed by atoms with van der Waals surface area (Å²) in [5.74, 6) is -0.271. The van der Waals surface area contributed by atoms with Crippen LogP contribution in [0.4, 0.5) is 5.69 Å². The van der Waals surface area contributed by atoms with E-state index >= 15 is 0 Å². The van der Waals surface area contributed by atoms with Crippen LogP contribution in [0.1, 0.15) is 43.0 Å². The summed E-state index contributed by atoms with van der Waals surface area (Å²) < 4.78 is 0. The van der Waals surface area contributed by atoms with E-state index in [4.69, 9.17) is 0 Å². The average molecular weight is 352 g/mol. The fraction of sp³-hybridized carbons (Fsp3) is 0.364. The van der Waals surface area contributed by atoms with Gasteiger partial charge in [0.25, 0.3) is 0 Å². The number of carbonyl (C=O) groups is 2. The third-order valence-corrected chi connectivity index (χ3v) is 4.67. The zero-order valence-electron chi connectivity index (χ0n) is 16.1. The fourth-order valence-corrected chi connectivity index (χ4v) is 3.03. The van der Waals surface area contributed by atoms with Gasteiger partial charge >= 0.3 is 0 Å². The maximum atomic E-state index is 12.6. The van der Waals surface area contributed by atoms with E-state index in [9.17, 15) is 9.59 Å². The van der Waals surface area contributed by atoms with Crippen LogP contribution in [0.15, 0.2) is 42.5 Å². The van der Waals surface area contributed by atoms with Gasteiger partial charge in [-0.3, -0.25) is 9.59 Å². The van der Waals surface area contributed by atoms with Crippen LogP contribution < -0.4 is 5.32 Å². The number of benzene rings is 2. The summed E-state index contributed by atoms with van der Waals surface area (Å²) in [4.78, 5) is 26.3. The number of hydrogen-bond acceptors (Lipinski definition) is 2. The van der Waals surface area contributed by atoms with Gasteiger partial charge in [0, 0.05) is 19.2 Å². The average Bonchev–Trinajstić information content (AvgIpc) is 2.62. The Morgan fingerprint density at radius 3 is 2.04 bits per heavy atom. The molecule has 0 saturated heterocycles. The monoisotopic (exact) mass is 352 g/mol. The van der Waals surface area contributed by atoms with Crippen LogP contribution >= 0.6 is 0 Å². The van der Waals surface area contributed by atoms with E-state index in [1.165, 1.54) is 6.92 Å². The summed E-state index contributed by atoms with van der Waals surface area (Å²) in [6, 6.07) is 14.0. The first-order chi connectivity index (χ1) is 12.5. The van der Waals surface area contributed by atoms with Crippen LogP contribution in [-0.4, -0.2) is 23.3 Å². The van der Waals surface area contributed by atoms with Crippen molar-refractivity contribution in [3.05, 3.63) is 64.7 Å². The van der Waals surface area contributed by atoms with Crippen molar-refractivity contribution >= 4 is 17.5 Å². The van der Waals surface area contributed by atoms with Crippen molar-refractivity contribution in [2.75, 3.05) is 11.9 Å². The van der Waals surface area contributed by atoms with Crippen molar-refractivity contribution in [1.29, 1.82) is 0 Å². The molecule has 0 saturated carbocycles. The first kappa shape index (κ1) is 19.7. The second-order valence-corrected chi connectivity index (χ2v) is 6.51. The zero-order chi connectivity index (χ0) is 19.1. The predicted molar refractivity (Wildman–Crippen MR) is 106 cm³/mol. The molecule has 0 fully saturated rings. The minimum absolute atomic E-state index is 0.0465. The largest absolute Gasteiger partial charge is 0.329 e. The smallest absolute Gasteiger partial charge is 0.244 e. The van der Waals surface area contributed by atoms with E-state index < -0.39 is 0 Å². The number of nitrogens with zero attached hydrogens (tertiary/aromatic N) is 1. The van der Waals surface area contributed by atoms with Crippen LogP contribution in [0.3, 0.4) is 0 Å². The third kappa shape index (κ3) is 4.94. The van der Waals surface area contributed by atoms with Gasteiger partial charge in [-0.05, 0) is 42.0 Å². The molecule has 0 aliphatic carbocycles. The van der Waals surface area contributed by atoms with Gasteiger partial charge in [-0.2, -0.15) is 0 Å². The molecule has 2 rings (SSSR count). The van der Waals surface area contributed by atoms with E-state index in [1.54, 1.807) is 4.90 Å². The minimum atomic E-state index is -0.163. The van der Waals surface area contributed by atoms with Gasteiger partial charge in [0.15, 0.2) is 0 Å². The standard InChI is InChI=1S/C22H28N2O2/c1-5-18-12-9-13-19(6-2)22(18)23-21(26)15-24(17(4)25)14-20-11-8-7-10-16(20)3/h7-13H,5-6,14-15H2,1-4H3,(H,23,26). The molecule has 2 amide bonds. The molecular weight excluding hydrogens is 324 g/mol. The molecule has 26 heavy (non-hydrogen) atoms. The molecule has 0 unspecified atom stereocenters. The highest BCUT2D eigenvalue weighted by Gasteiger charge is 2.17. The van der Waals surface area contributed by atoms with Crippen LogP contribution in [0.5, 0.6) is 0 Å². The molecule has 0 aromatic heterocycles. The maximum absolute atomic E-state index is 12.6. The fourth-order valence-electron chi connectivity index (χ4n) is 3.03. The normalized spacial score (nSPS) is 10.5. The Morgan fingerprint density at radius 2 is 1.50 bits per heavy atom. The van der Waals surface area contributed by atoms with E-state index in [-0.39, 0.29) is 18.4 Å². The van der Waals surface area contributed by atoms with Crippen LogP contribution in [0.25, 0.3) is 0 Å². The molecule has 4 heteroatoms. The van der Waals surface area contributed by atoms with Gasteiger partial charge in [0.2, 0.25) is 11.8 Å². The second kappa shape index (κ2) is 9.18. The summed E-state index contributed by atoms with van der Waals surface area (Å²) in [7, 11) is 0. The van der Waals surface area contributed by atoms with E-state index in [1.807, 2.05) is 49.4 Å². The molecular formula is C22H28N2O2. The highest BCUT2D eigenvalue weighted by molar-refractivity contribution is 5.95. The van der Waals surface area contributed by atoms with E-state index in [2.05, 4.69) is 19.2 Å². The first-order valence-corrected chi connectivity index (χ1v) is 9.16. The van der Waals surface area contributed by atoms with Crippen molar-refractivity contribution in [2.24, 2.45) is 0 Å². The molecule has 0 heterocycles. The van der Waals surface area contributed by atoms with Crippen molar-refractivity contribution < 1.29 is 9.59 Å². The second-order valence-electron chi connectivity index (χ2n) is 6.51. The van der Waals surface area contributed by atoms with Gasteiger partial charge in [-0.15, -0.1) is 0 Å². The van der Waals surface area contributed by atoms with Crippen molar-refractivity contribution in [2.45, 2.75) is 47.1 Å². The van der Waals surface area contributed by atoms with Crippen molar-refractivity contribution in [3.8, 4) is 0 Å². The molecule has 0 aliphatic heterocycles. The Kier molecular flexibility index (Phi) is 6.96. The number of carbonyl (C=O) groups excluding carboxylic acids is 2. The SMILES string of the molecule is CCc1cccc(CC)c1NC(=O)CN(Cc1ccccc1C)C(C)=O. The Bertz CT molecular complexity index is 761. The number of nitrogens with one attached hydrogen (secondary N) is 1. The van der Waals surface area contributed by atoms with Gasteiger partial charge in [-0.25, -0.2) is 0 Å². The third-order valence-electron chi connectivity index (χ3n) is 4.67. The number of amides is 2. The molecule has 2 aromatic carbocycles. The predicted octanol–water partition coefficient (Wildman–Crippen LogP) is 4.11. The molecule has 0 atom stereocenters. The summed E-state index contributed by atoms with van der Waals surface area (Å²) in [5.41, 5.74) is 5.29. The van der Waals surface area contributed by atoms with E-state index in [0.717, 1.165) is 40.8 Å². The molecule has 138 valence electrons. The first-order valence-electron chi connectivity index (χ1n) is 9.16. The quantitative estimate of drug-likeness (QED) is 0.815. The lowest BCUT2D eigenvalue weighted by Gasteiger charge is -2.22. The lowest BCUT2D eigenvalue weighted by atomic mass is 10.0. The summed E-state index contributed by atoms with van der Waals surface area (Å²) in [5, 5.41) is 3.03. The maximum Gasteiger partial charge on any atom is 0.244 e. The summed E-state index contributed by atoms with van der Waals surface area (Å²) >= 11 is 0. The van der Waals surface area contributed by atoms with Crippen LogP contribution in [0, 0.1) is 6.92 Å². The topological polar surface area (TPSA) is 49.4 Å². The number of para-hydroxylation sites is 1. The zero-order valence-corrected chi connectivity index (χ0v) is 16.1. The van der Waals surface area contributed by atoms with Gasteiger partial charge in [0.05, 0.1) is 0 Å². The lowest BCUT2D eigenvalue weighted by molar-refractivity contribution is -0.133.